The molecule has 0 bridgehead atoms. The topological polar surface area (TPSA) is 38.3 Å². The zero-order valence-corrected chi connectivity index (χ0v) is 15.2. The van der Waals surface area contributed by atoms with E-state index in [1.54, 1.807) is 6.07 Å². The van der Waals surface area contributed by atoms with Gasteiger partial charge in [-0.05, 0) is 54.8 Å². The summed E-state index contributed by atoms with van der Waals surface area (Å²) in [4.78, 5) is 12.7. The van der Waals surface area contributed by atoms with Crippen molar-refractivity contribution in [1.29, 1.82) is 0 Å². The standard InChI is InChI=1S/C23H23NO2/c1-17-12-13-20(16-18(17)2)24-23(25)21-10-6-7-11-22(21)26-15-14-19-8-4-3-5-9-19/h3-13,16H,14-15H2,1-2H3,(H,24,25). The largest absolute Gasteiger partial charge is 0.492 e. The molecule has 3 aromatic rings. The van der Waals surface area contributed by atoms with Crippen molar-refractivity contribution < 1.29 is 9.53 Å². The highest BCUT2D eigenvalue weighted by Crippen LogP contribution is 2.21. The van der Waals surface area contributed by atoms with Crippen LogP contribution in [0.5, 0.6) is 5.75 Å². The summed E-state index contributed by atoms with van der Waals surface area (Å²) in [6, 6.07) is 23.4. The smallest absolute Gasteiger partial charge is 0.259 e. The molecule has 132 valence electrons. The number of carbonyl (C=O) groups excluding carboxylic acids is 1. The molecule has 26 heavy (non-hydrogen) atoms. The van der Waals surface area contributed by atoms with Crippen LogP contribution in [0.1, 0.15) is 27.0 Å². The Morgan fingerprint density at radius 3 is 2.38 bits per heavy atom. The van der Waals surface area contributed by atoms with E-state index in [1.165, 1.54) is 11.1 Å². The number of carbonyl (C=O) groups is 1. The van der Waals surface area contributed by atoms with Crippen LogP contribution in [0.25, 0.3) is 0 Å². The molecule has 1 N–H and O–H groups in total. The number of amides is 1. The molecular formula is C23H23NO2. The van der Waals surface area contributed by atoms with Gasteiger partial charge >= 0.3 is 0 Å². The molecule has 0 heterocycles. The van der Waals surface area contributed by atoms with E-state index in [1.807, 2.05) is 61.5 Å². The third-order valence-electron chi connectivity index (χ3n) is 4.39. The molecule has 0 aromatic heterocycles. The summed E-state index contributed by atoms with van der Waals surface area (Å²) in [5.74, 6) is 0.438. The van der Waals surface area contributed by atoms with Crippen molar-refractivity contribution >= 4 is 11.6 Å². The highest BCUT2D eigenvalue weighted by molar-refractivity contribution is 6.06. The Hall–Kier alpha value is -3.07. The lowest BCUT2D eigenvalue weighted by atomic mass is 10.1. The maximum atomic E-state index is 12.7. The van der Waals surface area contributed by atoms with Gasteiger partial charge in [-0.25, -0.2) is 0 Å². The molecule has 0 aliphatic rings. The van der Waals surface area contributed by atoms with E-state index in [9.17, 15) is 4.79 Å². The molecule has 3 nitrogen and oxygen atoms in total. The highest BCUT2D eigenvalue weighted by Gasteiger charge is 2.12. The lowest BCUT2D eigenvalue weighted by molar-refractivity contribution is 0.102. The second kappa shape index (κ2) is 8.34. The number of aryl methyl sites for hydroxylation is 2. The van der Waals surface area contributed by atoms with Crippen LogP contribution in [0.15, 0.2) is 72.8 Å². The van der Waals surface area contributed by atoms with Crippen LogP contribution in [0.4, 0.5) is 5.69 Å². The van der Waals surface area contributed by atoms with Gasteiger partial charge in [-0.15, -0.1) is 0 Å². The Balaban J connectivity index is 1.67. The number of nitrogens with one attached hydrogen (secondary N) is 1. The first-order valence-electron chi connectivity index (χ1n) is 8.78. The molecule has 0 fully saturated rings. The molecule has 3 heteroatoms. The van der Waals surface area contributed by atoms with Crippen molar-refractivity contribution in [1.82, 2.24) is 0 Å². The fourth-order valence-corrected chi connectivity index (χ4v) is 2.72. The van der Waals surface area contributed by atoms with Crippen molar-refractivity contribution in [2.45, 2.75) is 20.3 Å². The molecule has 0 spiro atoms. The fourth-order valence-electron chi connectivity index (χ4n) is 2.72. The number of hydrogen-bond donors (Lipinski definition) is 1. The predicted molar refractivity (Wildman–Crippen MR) is 106 cm³/mol. The molecule has 0 radical (unpaired) electrons. The van der Waals surface area contributed by atoms with Crippen LogP contribution in [-0.4, -0.2) is 12.5 Å². The summed E-state index contributed by atoms with van der Waals surface area (Å²) >= 11 is 0. The Kier molecular flexibility index (Phi) is 5.69. The molecule has 0 unspecified atom stereocenters. The van der Waals surface area contributed by atoms with Crippen molar-refractivity contribution in [3.63, 3.8) is 0 Å². The summed E-state index contributed by atoms with van der Waals surface area (Å²) in [6.07, 6.45) is 0.800. The summed E-state index contributed by atoms with van der Waals surface area (Å²) in [6.45, 7) is 4.61. The van der Waals surface area contributed by atoms with Gasteiger partial charge in [0.15, 0.2) is 0 Å². The third-order valence-corrected chi connectivity index (χ3v) is 4.39. The molecule has 0 aliphatic carbocycles. The molecule has 0 aliphatic heterocycles. The van der Waals surface area contributed by atoms with Crippen LogP contribution in [0, 0.1) is 13.8 Å². The quantitative estimate of drug-likeness (QED) is 0.669. The van der Waals surface area contributed by atoms with Crippen molar-refractivity contribution in [3.05, 3.63) is 95.1 Å². The molecule has 0 saturated heterocycles. The number of hydrogen-bond acceptors (Lipinski definition) is 2. The van der Waals surface area contributed by atoms with Crippen molar-refractivity contribution in [2.24, 2.45) is 0 Å². The summed E-state index contributed by atoms with van der Waals surface area (Å²) < 4.78 is 5.88. The number of benzene rings is 3. The first kappa shape index (κ1) is 17.7. The first-order chi connectivity index (χ1) is 12.6. The Bertz CT molecular complexity index is 888. The third kappa shape index (κ3) is 4.51. The molecule has 3 rings (SSSR count). The van der Waals surface area contributed by atoms with Gasteiger partial charge in [-0.1, -0.05) is 48.5 Å². The van der Waals surface area contributed by atoms with E-state index in [4.69, 9.17) is 4.74 Å². The average Bonchev–Trinajstić information content (AvgIpc) is 2.66. The summed E-state index contributed by atoms with van der Waals surface area (Å²) in [5.41, 5.74) is 4.89. The number of rotatable bonds is 6. The molecule has 0 atom stereocenters. The second-order valence-electron chi connectivity index (χ2n) is 6.33. The number of ether oxygens (including phenoxy) is 1. The van der Waals surface area contributed by atoms with E-state index in [0.29, 0.717) is 17.9 Å². The van der Waals surface area contributed by atoms with Gasteiger partial charge in [0.25, 0.3) is 5.91 Å². The number of para-hydroxylation sites is 1. The maximum absolute atomic E-state index is 12.7. The van der Waals surface area contributed by atoms with Gasteiger partial charge in [0.05, 0.1) is 12.2 Å². The monoisotopic (exact) mass is 345 g/mol. The number of anilines is 1. The highest BCUT2D eigenvalue weighted by atomic mass is 16.5. The molecule has 3 aromatic carbocycles. The zero-order chi connectivity index (χ0) is 18.4. The van der Waals surface area contributed by atoms with Crippen LogP contribution in [-0.2, 0) is 6.42 Å². The summed E-state index contributed by atoms with van der Waals surface area (Å²) in [5, 5.41) is 2.96. The SMILES string of the molecule is Cc1ccc(NC(=O)c2ccccc2OCCc2ccccc2)cc1C. The van der Waals surface area contributed by atoms with E-state index in [2.05, 4.69) is 24.4 Å². The van der Waals surface area contributed by atoms with E-state index >= 15 is 0 Å². The maximum Gasteiger partial charge on any atom is 0.259 e. The van der Waals surface area contributed by atoms with Gasteiger partial charge in [0.2, 0.25) is 0 Å². The Morgan fingerprint density at radius 2 is 1.62 bits per heavy atom. The minimum Gasteiger partial charge on any atom is -0.492 e. The van der Waals surface area contributed by atoms with Gasteiger partial charge in [0.1, 0.15) is 5.75 Å². The first-order valence-corrected chi connectivity index (χ1v) is 8.78. The van der Waals surface area contributed by atoms with Crippen LogP contribution >= 0.6 is 0 Å². The zero-order valence-electron chi connectivity index (χ0n) is 15.2. The van der Waals surface area contributed by atoms with Crippen molar-refractivity contribution in [2.75, 3.05) is 11.9 Å². The summed E-state index contributed by atoms with van der Waals surface area (Å²) in [7, 11) is 0. The van der Waals surface area contributed by atoms with Crippen LogP contribution < -0.4 is 10.1 Å². The van der Waals surface area contributed by atoms with E-state index < -0.39 is 0 Å². The Labute approximate surface area is 154 Å². The van der Waals surface area contributed by atoms with Gasteiger partial charge in [-0.3, -0.25) is 4.79 Å². The lowest BCUT2D eigenvalue weighted by Crippen LogP contribution is -2.14. The molecular weight excluding hydrogens is 322 g/mol. The molecule has 1 amide bonds. The van der Waals surface area contributed by atoms with Gasteiger partial charge < -0.3 is 10.1 Å². The molecule has 0 saturated carbocycles. The lowest BCUT2D eigenvalue weighted by Gasteiger charge is -2.12. The van der Waals surface area contributed by atoms with Crippen LogP contribution in [0.3, 0.4) is 0 Å². The fraction of sp³-hybridized carbons (Fsp3) is 0.174. The van der Waals surface area contributed by atoms with E-state index in [0.717, 1.165) is 17.7 Å². The second-order valence-corrected chi connectivity index (χ2v) is 6.33. The Morgan fingerprint density at radius 1 is 0.885 bits per heavy atom. The van der Waals surface area contributed by atoms with Gasteiger partial charge in [0, 0.05) is 12.1 Å². The average molecular weight is 345 g/mol. The van der Waals surface area contributed by atoms with E-state index in [-0.39, 0.29) is 5.91 Å². The minimum atomic E-state index is -0.163. The van der Waals surface area contributed by atoms with Gasteiger partial charge in [-0.2, -0.15) is 0 Å². The minimum absolute atomic E-state index is 0.163. The van der Waals surface area contributed by atoms with Crippen LogP contribution in [0.2, 0.25) is 0 Å². The normalized spacial score (nSPS) is 10.4. The van der Waals surface area contributed by atoms with Crippen molar-refractivity contribution in [3.8, 4) is 5.75 Å². The predicted octanol–water partition coefficient (Wildman–Crippen LogP) is 5.18.